The fourth-order valence-electron chi connectivity index (χ4n) is 0.928. The van der Waals surface area contributed by atoms with Crippen molar-refractivity contribution < 1.29 is 14.4 Å². The van der Waals surface area contributed by atoms with Crippen LogP contribution in [0, 0.1) is 0 Å². The molecular weight excluding hydrogens is 255 g/mol. The lowest BCUT2D eigenvalue weighted by atomic mass is 10.3. The van der Waals surface area contributed by atoms with Crippen molar-refractivity contribution in [1.82, 2.24) is 5.48 Å². The first-order chi connectivity index (χ1) is 7.61. The van der Waals surface area contributed by atoms with E-state index >= 15 is 0 Å². The Morgan fingerprint density at radius 1 is 1.31 bits per heavy atom. The van der Waals surface area contributed by atoms with Gasteiger partial charge in [-0.15, -0.1) is 0 Å². The van der Waals surface area contributed by atoms with Gasteiger partial charge in [0.05, 0.1) is 10.0 Å². The average molecular weight is 265 g/mol. The quantitative estimate of drug-likeness (QED) is 0.631. The van der Waals surface area contributed by atoms with E-state index in [4.69, 9.17) is 33.7 Å². The van der Waals surface area contributed by atoms with Gasteiger partial charge in [-0.25, -0.2) is 10.3 Å². The second-order valence-electron chi connectivity index (χ2n) is 2.71. The number of hydrogen-bond donors (Lipinski definition) is 2. The average Bonchev–Trinajstić information content (AvgIpc) is 2.21. The zero-order valence-corrected chi connectivity index (χ0v) is 9.72. The molecule has 0 heterocycles. The lowest BCUT2D eigenvalue weighted by Crippen LogP contribution is -2.30. The number of ether oxygens (including phenoxy) is 1. The standard InChI is InChI=1S/C9H10Cl2N2O3/c10-6-2-1-3-7(11)8(6)15-4-5-16-13-9(12)14/h1-3H,4-5H2,(H3,12,13,14). The van der Waals surface area contributed by atoms with Gasteiger partial charge in [0.1, 0.15) is 13.2 Å². The third-order valence-corrected chi connectivity index (χ3v) is 2.12. The van der Waals surface area contributed by atoms with Crippen LogP contribution in [0.25, 0.3) is 0 Å². The van der Waals surface area contributed by atoms with Crippen LogP contribution in [0.15, 0.2) is 18.2 Å². The molecular formula is C9H10Cl2N2O3. The Balaban J connectivity index is 2.34. The Kier molecular flexibility index (Phi) is 5.18. The fraction of sp³-hybridized carbons (Fsp3) is 0.222. The molecule has 0 saturated heterocycles. The molecule has 1 aromatic rings. The van der Waals surface area contributed by atoms with Crippen molar-refractivity contribution in [2.24, 2.45) is 5.73 Å². The maximum atomic E-state index is 10.2. The summed E-state index contributed by atoms with van der Waals surface area (Å²) in [5, 5.41) is 0.825. The number of amides is 2. The summed E-state index contributed by atoms with van der Waals surface area (Å²) in [6.07, 6.45) is 0. The van der Waals surface area contributed by atoms with Gasteiger partial charge in [0.2, 0.25) is 0 Å². The van der Waals surface area contributed by atoms with E-state index in [0.29, 0.717) is 15.8 Å². The molecule has 16 heavy (non-hydrogen) atoms. The van der Waals surface area contributed by atoms with Crippen LogP contribution in [-0.2, 0) is 4.84 Å². The number of hydroxylamine groups is 1. The Bertz CT molecular complexity index is 354. The van der Waals surface area contributed by atoms with Crippen LogP contribution in [0.5, 0.6) is 5.75 Å². The summed E-state index contributed by atoms with van der Waals surface area (Å²) in [5.74, 6) is 0.383. The van der Waals surface area contributed by atoms with E-state index in [1.165, 1.54) is 0 Å². The summed E-state index contributed by atoms with van der Waals surface area (Å²) >= 11 is 11.7. The number of para-hydroxylation sites is 1. The molecule has 0 aliphatic carbocycles. The summed E-state index contributed by atoms with van der Waals surface area (Å²) in [4.78, 5) is 14.9. The summed E-state index contributed by atoms with van der Waals surface area (Å²) in [7, 11) is 0. The Morgan fingerprint density at radius 2 is 1.94 bits per heavy atom. The number of benzene rings is 1. The second-order valence-corrected chi connectivity index (χ2v) is 3.53. The van der Waals surface area contributed by atoms with Crippen LogP contribution >= 0.6 is 23.2 Å². The van der Waals surface area contributed by atoms with Gasteiger partial charge in [-0.3, -0.25) is 4.84 Å². The minimum Gasteiger partial charge on any atom is -0.488 e. The van der Waals surface area contributed by atoms with Crippen LogP contribution in [0.1, 0.15) is 0 Å². The van der Waals surface area contributed by atoms with Gasteiger partial charge in [0.25, 0.3) is 0 Å². The van der Waals surface area contributed by atoms with Crippen molar-refractivity contribution in [1.29, 1.82) is 0 Å². The number of nitrogens with one attached hydrogen (secondary N) is 1. The minimum atomic E-state index is -0.768. The molecule has 0 aromatic heterocycles. The van der Waals surface area contributed by atoms with Gasteiger partial charge in [-0.05, 0) is 12.1 Å². The highest BCUT2D eigenvalue weighted by molar-refractivity contribution is 6.37. The number of hydrogen-bond acceptors (Lipinski definition) is 3. The van der Waals surface area contributed by atoms with E-state index in [1.807, 2.05) is 5.48 Å². The number of rotatable bonds is 5. The van der Waals surface area contributed by atoms with Crippen LogP contribution in [0.4, 0.5) is 4.79 Å². The summed E-state index contributed by atoms with van der Waals surface area (Å²) in [5.41, 5.74) is 6.73. The van der Waals surface area contributed by atoms with Crippen LogP contribution in [0.3, 0.4) is 0 Å². The van der Waals surface area contributed by atoms with E-state index in [9.17, 15) is 4.79 Å². The molecule has 0 saturated carbocycles. The molecule has 2 amide bonds. The lowest BCUT2D eigenvalue weighted by molar-refractivity contribution is 0.0440. The predicted octanol–water partition coefficient (Wildman–Crippen LogP) is 1.97. The Morgan fingerprint density at radius 3 is 2.50 bits per heavy atom. The first-order valence-corrected chi connectivity index (χ1v) is 5.11. The van der Waals surface area contributed by atoms with Crippen molar-refractivity contribution in [2.45, 2.75) is 0 Å². The maximum Gasteiger partial charge on any atom is 0.336 e. The highest BCUT2D eigenvalue weighted by atomic mass is 35.5. The lowest BCUT2D eigenvalue weighted by Gasteiger charge is -2.09. The van der Waals surface area contributed by atoms with Gasteiger partial charge in [-0.2, -0.15) is 0 Å². The van der Waals surface area contributed by atoms with Crippen molar-refractivity contribution in [2.75, 3.05) is 13.2 Å². The van der Waals surface area contributed by atoms with Crippen molar-refractivity contribution >= 4 is 29.2 Å². The zero-order chi connectivity index (χ0) is 12.0. The van der Waals surface area contributed by atoms with Gasteiger partial charge in [-0.1, -0.05) is 29.3 Å². The molecule has 1 rings (SSSR count). The molecule has 0 unspecified atom stereocenters. The number of carbonyl (C=O) groups excluding carboxylic acids is 1. The normalized spacial score (nSPS) is 9.88. The summed E-state index contributed by atoms with van der Waals surface area (Å²) < 4.78 is 5.27. The molecule has 5 nitrogen and oxygen atoms in total. The van der Waals surface area contributed by atoms with E-state index in [0.717, 1.165) is 0 Å². The minimum absolute atomic E-state index is 0.129. The van der Waals surface area contributed by atoms with E-state index in [1.54, 1.807) is 18.2 Å². The predicted molar refractivity (Wildman–Crippen MR) is 60.6 cm³/mol. The van der Waals surface area contributed by atoms with Gasteiger partial charge < -0.3 is 10.5 Å². The highest BCUT2D eigenvalue weighted by Crippen LogP contribution is 2.32. The van der Waals surface area contributed by atoms with Gasteiger partial charge >= 0.3 is 6.03 Å². The Hall–Kier alpha value is -1.17. The van der Waals surface area contributed by atoms with Crippen LogP contribution in [-0.4, -0.2) is 19.2 Å². The second kappa shape index (κ2) is 6.42. The molecule has 0 bridgehead atoms. The topological polar surface area (TPSA) is 73.6 Å². The van der Waals surface area contributed by atoms with Crippen molar-refractivity contribution in [3.63, 3.8) is 0 Å². The molecule has 3 N–H and O–H groups in total. The number of halogens is 2. The molecule has 0 aliphatic rings. The highest BCUT2D eigenvalue weighted by Gasteiger charge is 2.05. The first-order valence-electron chi connectivity index (χ1n) is 4.35. The summed E-state index contributed by atoms with van der Waals surface area (Å²) in [6, 6.07) is 4.26. The van der Waals surface area contributed by atoms with E-state index < -0.39 is 6.03 Å². The summed E-state index contributed by atoms with van der Waals surface area (Å²) in [6.45, 7) is 0.314. The van der Waals surface area contributed by atoms with Crippen molar-refractivity contribution in [3.05, 3.63) is 28.2 Å². The van der Waals surface area contributed by atoms with Gasteiger partial charge in [0.15, 0.2) is 5.75 Å². The molecule has 88 valence electrons. The van der Waals surface area contributed by atoms with E-state index in [-0.39, 0.29) is 13.2 Å². The zero-order valence-electron chi connectivity index (χ0n) is 8.20. The molecule has 0 fully saturated rings. The fourth-order valence-corrected chi connectivity index (χ4v) is 1.43. The Labute approximate surface area is 102 Å². The third kappa shape index (κ3) is 4.14. The number of nitrogens with two attached hydrogens (primary N) is 1. The maximum absolute atomic E-state index is 10.2. The van der Waals surface area contributed by atoms with Gasteiger partial charge in [0, 0.05) is 0 Å². The first kappa shape index (κ1) is 12.9. The SMILES string of the molecule is NC(=O)NOCCOc1c(Cl)cccc1Cl. The number of primary amides is 1. The van der Waals surface area contributed by atoms with E-state index in [2.05, 4.69) is 4.84 Å². The molecule has 0 aliphatic heterocycles. The molecule has 7 heteroatoms. The third-order valence-electron chi connectivity index (χ3n) is 1.52. The molecule has 0 radical (unpaired) electrons. The largest absolute Gasteiger partial charge is 0.488 e. The molecule has 1 aromatic carbocycles. The van der Waals surface area contributed by atoms with Crippen molar-refractivity contribution in [3.8, 4) is 5.75 Å². The van der Waals surface area contributed by atoms with Crippen LogP contribution in [0.2, 0.25) is 10.0 Å². The molecule has 0 atom stereocenters. The monoisotopic (exact) mass is 264 g/mol. The smallest absolute Gasteiger partial charge is 0.336 e. The number of urea groups is 1. The number of carbonyl (C=O) groups is 1. The van der Waals surface area contributed by atoms with Crippen LogP contribution < -0.4 is 16.0 Å². The molecule has 0 spiro atoms.